The molecule has 0 bridgehead atoms. The Morgan fingerprint density at radius 1 is 1.00 bits per heavy atom. The third kappa shape index (κ3) is 6.80. The number of nitrogens with one attached hydrogen (secondary N) is 1. The van der Waals surface area contributed by atoms with E-state index in [0.29, 0.717) is 6.42 Å². The van der Waals surface area contributed by atoms with E-state index in [-0.39, 0.29) is 36.2 Å². The standard InChI is InChI=1S/C26H27N3O6/c1-27-26(31)23(15-19-9-5-3-6-10-19)28(17-20-11-7-4-8-12-20)25(30)18-35-21-13-14-22(29(32)33)24(16-21)34-2/h3-14,16,23H,15,17-18H2,1-2H3,(H,27,31). The van der Waals surface area contributed by atoms with Crippen LogP contribution < -0.4 is 14.8 Å². The molecule has 9 nitrogen and oxygen atoms in total. The first-order valence-electron chi connectivity index (χ1n) is 11.0. The molecule has 2 amide bonds. The third-order valence-corrected chi connectivity index (χ3v) is 5.42. The average Bonchev–Trinajstić information content (AvgIpc) is 2.89. The normalized spacial score (nSPS) is 11.3. The lowest BCUT2D eigenvalue weighted by Crippen LogP contribution is -2.51. The molecule has 0 saturated heterocycles. The van der Waals surface area contributed by atoms with Gasteiger partial charge in [0.1, 0.15) is 11.8 Å². The van der Waals surface area contributed by atoms with E-state index in [0.717, 1.165) is 11.1 Å². The number of nitro groups is 1. The van der Waals surface area contributed by atoms with E-state index in [1.54, 1.807) is 0 Å². The lowest BCUT2D eigenvalue weighted by atomic mass is 10.0. The second kappa shape index (κ2) is 12.2. The molecule has 1 N–H and O–H groups in total. The molecule has 0 aliphatic rings. The van der Waals surface area contributed by atoms with Crippen molar-refractivity contribution in [3.05, 3.63) is 100 Å². The van der Waals surface area contributed by atoms with E-state index in [1.165, 1.54) is 37.3 Å². The van der Waals surface area contributed by atoms with Crippen molar-refractivity contribution < 1.29 is 24.0 Å². The number of hydrogen-bond donors (Lipinski definition) is 1. The predicted molar refractivity (Wildman–Crippen MR) is 130 cm³/mol. The minimum absolute atomic E-state index is 0.0217. The van der Waals surface area contributed by atoms with Crippen LogP contribution in [-0.2, 0) is 22.6 Å². The molecule has 0 radical (unpaired) electrons. The molecule has 0 aromatic heterocycles. The van der Waals surface area contributed by atoms with Crippen molar-refractivity contribution in [2.45, 2.75) is 19.0 Å². The van der Waals surface area contributed by atoms with Crippen LogP contribution in [0.2, 0.25) is 0 Å². The molecule has 9 heteroatoms. The van der Waals surface area contributed by atoms with Crippen LogP contribution in [0.4, 0.5) is 5.69 Å². The highest BCUT2D eigenvalue weighted by atomic mass is 16.6. The van der Waals surface area contributed by atoms with E-state index in [2.05, 4.69) is 5.32 Å². The van der Waals surface area contributed by atoms with Crippen molar-refractivity contribution in [3.8, 4) is 11.5 Å². The molecule has 0 saturated carbocycles. The molecule has 0 aliphatic carbocycles. The summed E-state index contributed by atoms with van der Waals surface area (Å²) in [5.74, 6) is -0.445. The number of nitrogens with zero attached hydrogens (tertiary/aromatic N) is 2. The molecular formula is C26H27N3O6. The lowest BCUT2D eigenvalue weighted by Gasteiger charge is -2.31. The first-order chi connectivity index (χ1) is 16.9. The van der Waals surface area contributed by atoms with Crippen LogP contribution in [0, 0.1) is 10.1 Å². The Kier molecular flexibility index (Phi) is 8.77. The van der Waals surface area contributed by atoms with Crippen molar-refractivity contribution in [2.24, 2.45) is 0 Å². The van der Waals surface area contributed by atoms with Gasteiger partial charge in [0.15, 0.2) is 6.61 Å². The number of ether oxygens (including phenoxy) is 2. The summed E-state index contributed by atoms with van der Waals surface area (Å²) in [5.41, 5.74) is 1.56. The maximum absolute atomic E-state index is 13.4. The van der Waals surface area contributed by atoms with Crippen LogP contribution in [0.1, 0.15) is 11.1 Å². The molecule has 3 aromatic carbocycles. The van der Waals surface area contributed by atoms with Crippen molar-refractivity contribution >= 4 is 17.5 Å². The smallest absolute Gasteiger partial charge is 0.311 e. The van der Waals surface area contributed by atoms with Gasteiger partial charge < -0.3 is 19.7 Å². The van der Waals surface area contributed by atoms with Crippen molar-refractivity contribution in [3.63, 3.8) is 0 Å². The number of methoxy groups -OCH3 is 1. The Balaban J connectivity index is 1.85. The third-order valence-electron chi connectivity index (χ3n) is 5.42. The van der Waals surface area contributed by atoms with Crippen LogP contribution in [0.5, 0.6) is 11.5 Å². The molecule has 182 valence electrons. The molecule has 0 spiro atoms. The quantitative estimate of drug-likeness (QED) is 0.335. The lowest BCUT2D eigenvalue weighted by molar-refractivity contribution is -0.385. The number of amides is 2. The molecule has 3 aromatic rings. The zero-order valence-corrected chi connectivity index (χ0v) is 19.5. The van der Waals surface area contributed by atoms with Gasteiger partial charge in [-0.1, -0.05) is 60.7 Å². The Labute approximate surface area is 203 Å². The van der Waals surface area contributed by atoms with Crippen LogP contribution >= 0.6 is 0 Å². The number of carbonyl (C=O) groups is 2. The minimum atomic E-state index is -0.773. The Bertz CT molecular complexity index is 1150. The van der Waals surface area contributed by atoms with Crippen molar-refractivity contribution in [2.75, 3.05) is 20.8 Å². The van der Waals surface area contributed by atoms with Crippen LogP contribution in [0.3, 0.4) is 0 Å². The minimum Gasteiger partial charge on any atom is -0.490 e. The first-order valence-corrected chi connectivity index (χ1v) is 11.0. The average molecular weight is 478 g/mol. The van der Waals surface area contributed by atoms with Gasteiger partial charge in [0.2, 0.25) is 11.7 Å². The largest absolute Gasteiger partial charge is 0.490 e. The molecule has 0 heterocycles. The maximum atomic E-state index is 13.4. The number of likely N-dealkylation sites (N-methyl/N-ethyl adjacent to an activating group) is 1. The summed E-state index contributed by atoms with van der Waals surface area (Å²) in [6.45, 7) is -0.159. The van der Waals surface area contributed by atoms with Gasteiger partial charge in [-0.25, -0.2) is 0 Å². The van der Waals surface area contributed by atoms with E-state index in [9.17, 15) is 19.7 Å². The van der Waals surface area contributed by atoms with Crippen LogP contribution in [0.25, 0.3) is 0 Å². The zero-order chi connectivity index (χ0) is 25.2. The van der Waals surface area contributed by atoms with Gasteiger partial charge in [-0.15, -0.1) is 0 Å². The predicted octanol–water partition coefficient (Wildman–Crippen LogP) is 3.37. The summed E-state index contributed by atoms with van der Waals surface area (Å²) in [6, 6.07) is 22.1. The molecule has 1 atom stereocenters. The number of hydrogen-bond acceptors (Lipinski definition) is 6. The molecular weight excluding hydrogens is 450 g/mol. The summed E-state index contributed by atoms with van der Waals surface area (Å²) in [6.07, 6.45) is 0.324. The first kappa shape index (κ1) is 25.2. The van der Waals surface area contributed by atoms with Gasteiger partial charge in [0.05, 0.1) is 12.0 Å². The fourth-order valence-corrected chi connectivity index (χ4v) is 3.63. The van der Waals surface area contributed by atoms with Crippen molar-refractivity contribution in [1.82, 2.24) is 10.2 Å². The van der Waals surface area contributed by atoms with E-state index < -0.39 is 16.9 Å². The van der Waals surface area contributed by atoms with E-state index in [4.69, 9.17) is 9.47 Å². The van der Waals surface area contributed by atoms with Crippen LogP contribution in [0.15, 0.2) is 78.9 Å². The SMILES string of the molecule is CNC(=O)C(Cc1ccccc1)N(Cc1ccccc1)C(=O)COc1ccc([N+](=O)[O-])c(OC)c1. The number of nitro benzene ring substituents is 1. The monoisotopic (exact) mass is 477 g/mol. The second-order valence-corrected chi connectivity index (χ2v) is 7.71. The van der Waals surface area contributed by atoms with Gasteiger partial charge in [0, 0.05) is 32.1 Å². The van der Waals surface area contributed by atoms with E-state index >= 15 is 0 Å². The van der Waals surface area contributed by atoms with Crippen molar-refractivity contribution in [1.29, 1.82) is 0 Å². The highest BCUT2D eigenvalue weighted by molar-refractivity contribution is 5.88. The summed E-state index contributed by atoms with van der Waals surface area (Å²) >= 11 is 0. The topological polar surface area (TPSA) is 111 Å². The van der Waals surface area contributed by atoms with Gasteiger partial charge in [-0.3, -0.25) is 19.7 Å². The Hall–Kier alpha value is -4.40. The van der Waals surface area contributed by atoms with E-state index in [1.807, 2.05) is 60.7 Å². The zero-order valence-electron chi connectivity index (χ0n) is 19.5. The highest BCUT2D eigenvalue weighted by Gasteiger charge is 2.30. The number of rotatable bonds is 11. The molecule has 35 heavy (non-hydrogen) atoms. The summed E-state index contributed by atoms with van der Waals surface area (Å²) in [7, 11) is 2.85. The highest BCUT2D eigenvalue weighted by Crippen LogP contribution is 2.30. The fraction of sp³-hybridized carbons (Fsp3) is 0.231. The maximum Gasteiger partial charge on any atom is 0.311 e. The Morgan fingerprint density at radius 2 is 1.63 bits per heavy atom. The summed E-state index contributed by atoms with van der Waals surface area (Å²) in [5, 5.41) is 13.8. The molecule has 3 rings (SSSR count). The van der Waals surface area contributed by atoms with Crippen LogP contribution in [-0.4, -0.2) is 48.4 Å². The van der Waals surface area contributed by atoms with Gasteiger partial charge in [-0.05, 0) is 17.2 Å². The number of benzene rings is 3. The van der Waals surface area contributed by atoms with Gasteiger partial charge in [0.25, 0.3) is 5.91 Å². The molecule has 1 unspecified atom stereocenters. The Morgan fingerprint density at radius 3 is 2.20 bits per heavy atom. The fourth-order valence-electron chi connectivity index (χ4n) is 3.63. The number of carbonyl (C=O) groups excluding carboxylic acids is 2. The summed E-state index contributed by atoms with van der Waals surface area (Å²) < 4.78 is 10.7. The second-order valence-electron chi connectivity index (χ2n) is 7.71. The van der Waals surface area contributed by atoms with Gasteiger partial charge in [-0.2, -0.15) is 0 Å². The molecule has 0 aliphatic heterocycles. The van der Waals surface area contributed by atoms with Gasteiger partial charge >= 0.3 is 5.69 Å². The summed E-state index contributed by atoms with van der Waals surface area (Å²) in [4.78, 5) is 38.3. The molecule has 0 fully saturated rings.